The molecule has 0 spiro atoms. The lowest BCUT2D eigenvalue weighted by atomic mass is 10.2. The second-order valence-corrected chi connectivity index (χ2v) is 5.55. The monoisotopic (exact) mass is 289 g/mol. The van der Waals surface area contributed by atoms with Crippen molar-refractivity contribution in [2.75, 3.05) is 0 Å². The van der Waals surface area contributed by atoms with Gasteiger partial charge in [-0.3, -0.25) is 4.68 Å². The molecule has 0 N–H and O–H groups in total. The Morgan fingerprint density at radius 1 is 1.30 bits per heavy atom. The van der Waals surface area contributed by atoms with Gasteiger partial charge in [-0.15, -0.1) is 16.7 Å². The molecule has 2 heterocycles. The highest BCUT2D eigenvalue weighted by atomic mass is 35.5. The first-order chi connectivity index (χ1) is 9.65. The highest BCUT2D eigenvalue weighted by molar-refractivity contribution is 6.20. The maximum atomic E-state index is 6.26. The normalized spacial score (nSPS) is 12.9. The van der Waals surface area contributed by atoms with Crippen LogP contribution in [0.5, 0.6) is 0 Å². The molecule has 0 saturated heterocycles. The molecular formula is C14H16ClN5. The molecule has 1 atom stereocenters. The van der Waals surface area contributed by atoms with Crippen molar-refractivity contribution < 1.29 is 0 Å². The van der Waals surface area contributed by atoms with Gasteiger partial charge in [0.15, 0.2) is 0 Å². The van der Waals surface area contributed by atoms with Crippen LogP contribution < -0.4 is 0 Å². The smallest absolute Gasteiger partial charge is 0.127 e. The molecule has 0 fully saturated rings. The van der Waals surface area contributed by atoms with Crippen LogP contribution in [0, 0.1) is 6.92 Å². The van der Waals surface area contributed by atoms with Gasteiger partial charge < -0.3 is 4.57 Å². The molecule has 6 heteroatoms. The fourth-order valence-corrected chi connectivity index (χ4v) is 2.51. The molecule has 0 radical (unpaired) electrons. The first kappa shape index (κ1) is 13.1. The zero-order valence-corrected chi connectivity index (χ0v) is 12.2. The van der Waals surface area contributed by atoms with Crippen LogP contribution in [0.1, 0.15) is 23.7 Å². The molecule has 3 aromatic rings. The summed E-state index contributed by atoms with van der Waals surface area (Å²) in [6, 6.07) is 6.26. The summed E-state index contributed by atoms with van der Waals surface area (Å²) in [7, 11) is 0. The van der Waals surface area contributed by atoms with Crippen LogP contribution in [-0.4, -0.2) is 24.5 Å². The standard InChI is InChI=1S/C14H16ClN5/c1-10-3-4-12-13(9-10)20(14(17-12)11(2)15)8-7-19-6-5-16-18-19/h3-6,9,11H,7-8H2,1-2H3. The Hall–Kier alpha value is -1.88. The second kappa shape index (κ2) is 5.25. The molecule has 1 aromatic carbocycles. The van der Waals surface area contributed by atoms with Crippen LogP contribution in [0.4, 0.5) is 0 Å². The number of imidazole rings is 1. The van der Waals surface area contributed by atoms with Gasteiger partial charge in [0.1, 0.15) is 5.82 Å². The number of benzene rings is 1. The number of nitrogens with zero attached hydrogens (tertiary/aromatic N) is 5. The minimum atomic E-state index is -0.126. The van der Waals surface area contributed by atoms with Gasteiger partial charge in [0.2, 0.25) is 0 Å². The molecule has 5 nitrogen and oxygen atoms in total. The van der Waals surface area contributed by atoms with E-state index in [-0.39, 0.29) is 5.38 Å². The summed E-state index contributed by atoms with van der Waals surface area (Å²) in [6.45, 7) is 5.55. The molecule has 3 rings (SSSR count). The van der Waals surface area contributed by atoms with E-state index in [1.807, 2.05) is 23.9 Å². The molecule has 104 valence electrons. The molecule has 0 saturated carbocycles. The number of halogens is 1. The summed E-state index contributed by atoms with van der Waals surface area (Å²) in [4.78, 5) is 4.64. The summed E-state index contributed by atoms with van der Waals surface area (Å²) in [5.41, 5.74) is 3.32. The average molecular weight is 290 g/mol. The Morgan fingerprint density at radius 3 is 2.85 bits per heavy atom. The zero-order valence-electron chi connectivity index (χ0n) is 11.5. The fourth-order valence-electron chi connectivity index (χ4n) is 2.34. The van der Waals surface area contributed by atoms with Gasteiger partial charge in [-0.2, -0.15) is 0 Å². The van der Waals surface area contributed by atoms with Crippen LogP contribution in [0.15, 0.2) is 30.6 Å². The second-order valence-electron chi connectivity index (χ2n) is 4.90. The lowest BCUT2D eigenvalue weighted by Gasteiger charge is -2.10. The van der Waals surface area contributed by atoms with Gasteiger partial charge in [-0.25, -0.2) is 4.98 Å². The van der Waals surface area contributed by atoms with E-state index in [4.69, 9.17) is 11.6 Å². The van der Waals surface area contributed by atoms with Crippen molar-refractivity contribution in [3.05, 3.63) is 42.0 Å². The van der Waals surface area contributed by atoms with E-state index in [9.17, 15) is 0 Å². The summed E-state index contributed by atoms with van der Waals surface area (Å²) in [5, 5.41) is 7.68. The van der Waals surface area contributed by atoms with Crippen molar-refractivity contribution in [2.24, 2.45) is 0 Å². The summed E-state index contributed by atoms with van der Waals surface area (Å²) in [6.07, 6.45) is 3.54. The third-order valence-electron chi connectivity index (χ3n) is 3.31. The van der Waals surface area contributed by atoms with Gasteiger partial charge in [0.05, 0.1) is 29.2 Å². The lowest BCUT2D eigenvalue weighted by Crippen LogP contribution is -2.11. The van der Waals surface area contributed by atoms with Gasteiger partial charge in [0, 0.05) is 12.7 Å². The third-order valence-corrected chi connectivity index (χ3v) is 3.51. The number of rotatable bonds is 4. The Morgan fingerprint density at radius 2 is 2.15 bits per heavy atom. The quantitative estimate of drug-likeness (QED) is 0.694. The zero-order chi connectivity index (χ0) is 14.1. The Labute approximate surface area is 122 Å². The summed E-state index contributed by atoms with van der Waals surface area (Å²) >= 11 is 6.26. The van der Waals surface area contributed by atoms with Gasteiger partial charge >= 0.3 is 0 Å². The number of hydrogen-bond donors (Lipinski definition) is 0. The van der Waals surface area contributed by atoms with E-state index in [1.165, 1.54) is 5.56 Å². The highest BCUT2D eigenvalue weighted by Gasteiger charge is 2.14. The predicted molar refractivity (Wildman–Crippen MR) is 78.8 cm³/mol. The van der Waals surface area contributed by atoms with Crippen molar-refractivity contribution in [1.82, 2.24) is 24.5 Å². The van der Waals surface area contributed by atoms with Crippen LogP contribution in [0.2, 0.25) is 0 Å². The fraction of sp³-hybridized carbons (Fsp3) is 0.357. The number of hydrogen-bond acceptors (Lipinski definition) is 3. The van der Waals surface area contributed by atoms with Gasteiger partial charge in [-0.05, 0) is 31.5 Å². The first-order valence-electron chi connectivity index (χ1n) is 6.60. The van der Waals surface area contributed by atoms with E-state index in [1.54, 1.807) is 6.20 Å². The van der Waals surface area contributed by atoms with Crippen LogP contribution >= 0.6 is 11.6 Å². The maximum absolute atomic E-state index is 6.26. The number of fused-ring (bicyclic) bond motifs is 1. The van der Waals surface area contributed by atoms with Crippen LogP contribution in [0.3, 0.4) is 0 Å². The minimum Gasteiger partial charge on any atom is -0.325 e. The van der Waals surface area contributed by atoms with Gasteiger partial charge in [-0.1, -0.05) is 11.3 Å². The molecule has 2 aromatic heterocycles. The maximum Gasteiger partial charge on any atom is 0.127 e. The Kier molecular flexibility index (Phi) is 3.44. The van der Waals surface area contributed by atoms with Gasteiger partial charge in [0.25, 0.3) is 0 Å². The molecule has 1 unspecified atom stereocenters. The molecule has 20 heavy (non-hydrogen) atoms. The molecule has 0 aliphatic carbocycles. The number of aryl methyl sites for hydroxylation is 3. The van der Waals surface area contributed by atoms with E-state index < -0.39 is 0 Å². The van der Waals surface area contributed by atoms with E-state index in [0.717, 1.165) is 29.9 Å². The van der Waals surface area contributed by atoms with E-state index in [0.29, 0.717) is 0 Å². The number of alkyl halides is 1. The Bertz CT molecular complexity index is 715. The first-order valence-corrected chi connectivity index (χ1v) is 7.04. The molecule has 0 aliphatic heterocycles. The van der Waals surface area contributed by atoms with E-state index in [2.05, 4.69) is 38.9 Å². The summed E-state index contributed by atoms with van der Waals surface area (Å²) < 4.78 is 3.98. The third kappa shape index (κ3) is 2.41. The molecule has 0 aliphatic rings. The minimum absolute atomic E-state index is 0.126. The largest absolute Gasteiger partial charge is 0.325 e. The highest BCUT2D eigenvalue weighted by Crippen LogP contribution is 2.25. The van der Waals surface area contributed by atoms with Crippen molar-refractivity contribution in [1.29, 1.82) is 0 Å². The molecule has 0 bridgehead atoms. The van der Waals surface area contributed by atoms with Crippen molar-refractivity contribution in [2.45, 2.75) is 32.3 Å². The van der Waals surface area contributed by atoms with Crippen molar-refractivity contribution >= 4 is 22.6 Å². The molecule has 0 amide bonds. The summed E-state index contributed by atoms with van der Waals surface area (Å²) in [5.74, 6) is 0.896. The average Bonchev–Trinajstić information content (AvgIpc) is 3.03. The lowest BCUT2D eigenvalue weighted by molar-refractivity contribution is 0.515. The van der Waals surface area contributed by atoms with Crippen LogP contribution in [-0.2, 0) is 13.1 Å². The topological polar surface area (TPSA) is 48.5 Å². The Balaban J connectivity index is 2.01. The number of aromatic nitrogens is 5. The molecular weight excluding hydrogens is 274 g/mol. The SMILES string of the molecule is Cc1ccc2nc(C(C)Cl)n(CCn3ccnn3)c2c1. The van der Waals surface area contributed by atoms with Crippen molar-refractivity contribution in [3.63, 3.8) is 0 Å². The van der Waals surface area contributed by atoms with E-state index >= 15 is 0 Å². The predicted octanol–water partition coefficient (Wildman–Crippen LogP) is 2.94. The van der Waals surface area contributed by atoms with Crippen LogP contribution in [0.25, 0.3) is 11.0 Å². The van der Waals surface area contributed by atoms with Crippen molar-refractivity contribution in [3.8, 4) is 0 Å².